The fraction of sp³-hybridized carbons (Fsp3) is 0.200. The second-order valence-electron chi connectivity index (χ2n) is 4.09. The molecule has 1 aromatic rings. The van der Waals surface area contributed by atoms with Gasteiger partial charge < -0.3 is 9.67 Å². The van der Waals surface area contributed by atoms with Gasteiger partial charge in [-0.3, -0.25) is 4.79 Å². The van der Waals surface area contributed by atoms with Crippen LogP contribution in [0.4, 0.5) is 4.39 Å². The van der Waals surface area contributed by atoms with E-state index in [1.807, 2.05) is 0 Å². The van der Waals surface area contributed by atoms with Crippen molar-refractivity contribution in [2.75, 3.05) is 0 Å². The molecule has 0 aliphatic heterocycles. The lowest BCUT2D eigenvalue weighted by molar-refractivity contribution is -0.136. The smallest absolute Gasteiger partial charge is 0.309 e. The number of rotatable bonds is 7. The predicted octanol–water partition coefficient (Wildman–Crippen LogP) is 3.05. The Balaban J connectivity index is 2.95. The number of carbonyl (C=O) groups is 1. The number of halogens is 1. The third-order valence-electron chi connectivity index (χ3n) is 2.46. The molecule has 1 aromatic heterocycles. The molecule has 1 N–H and O–H groups in total. The molecule has 1 heterocycles. The predicted molar refractivity (Wildman–Crippen MR) is 75.9 cm³/mol. The Labute approximate surface area is 117 Å². The largest absolute Gasteiger partial charge is 0.481 e. The average molecular weight is 276 g/mol. The van der Waals surface area contributed by atoms with Gasteiger partial charge in [-0.15, -0.1) is 0 Å². The molecule has 0 amide bonds. The molecule has 4 nitrogen and oxygen atoms in total. The first-order valence-electron chi connectivity index (χ1n) is 6.09. The van der Waals surface area contributed by atoms with E-state index in [2.05, 4.69) is 11.6 Å². The molecule has 0 atom stereocenters. The molecule has 0 bridgehead atoms. The second-order valence-corrected chi connectivity index (χ2v) is 4.09. The number of carboxylic acids is 1. The maximum atomic E-state index is 13.5. The van der Waals surface area contributed by atoms with Crippen molar-refractivity contribution < 1.29 is 14.3 Å². The molecular weight excluding hydrogens is 259 g/mol. The number of aliphatic carboxylic acids is 1. The van der Waals surface area contributed by atoms with Crippen LogP contribution in [0.2, 0.25) is 0 Å². The molecule has 0 aliphatic carbocycles. The van der Waals surface area contributed by atoms with Crippen LogP contribution < -0.4 is 0 Å². The molecule has 0 spiro atoms. The highest BCUT2D eigenvalue weighted by atomic mass is 19.1. The van der Waals surface area contributed by atoms with Crippen LogP contribution in [0.3, 0.4) is 0 Å². The molecular formula is C15H17FN2O2. The molecule has 0 radical (unpaired) electrons. The van der Waals surface area contributed by atoms with Gasteiger partial charge in [0.25, 0.3) is 0 Å². The summed E-state index contributed by atoms with van der Waals surface area (Å²) >= 11 is 0. The van der Waals surface area contributed by atoms with E-state index in [-0.39, 0.29) is 12.2 Å². The Morgan fingerprint density at radius 1 is 1.60 bits per heavy atom. The van der Waals surface area contributed by atoms with E-state index < -0.39 is 5.97 Å². The maximum Gasteiger partial charge on any atom is 0.309 e. The first kappa shape index (κ1) is 15.6. The molecule has 20 heavy (non-hydrogen) atoms. The molecule has 1 rings (SSSR count). The normalized spacial score (nSPS) is 12.9. The molecule has 0 aliphatic rings. The van der Waals surface area contributed by atoms with E-state index in [9.17, 15) is 9.18 Å². The van der Waals surface area contributed by atoms with Crippen molar-refractivity contribution in [1.29, 1.82) is 0 Å². The molecule has 106 valence electrons. The number of nitrogens with zero attached hydrogens (tertiary/aromatic N) is 2. The van der Waals surface area contributed by atoms with Crippen molar-refractivity contribution in [3.8, 4) is 0 Å². The van der Waals surface area contributed by atoms with Crippen molar-refractivity contribution in [3.05, 3.63) is 66.6 Å². The molecule has 5 heteroatoms. The summed E-state index contributed by atoms with van der Waals surface area (Å²) in [5.41, 5.74) is 1.23. The number of carboxylic acid groups (broad SMARTS) is 1. The van der Waals surface area contributed by atoms with Crippen LogP contribution >= 0.6 is 0 Å². The summed E-state index contributed by atoms with van der Waals surface area (Å²) in [7, 11) is 0. The Morgan fingerprint density at radius 3 is 2.95 bits per heavy atom. The standard InChI is InChI=1S/C15H17FN2O2/c1-3-5-12(7-13(16)6-4-2)10-18-11-17-9-14(18)8-15(19)20/h3-7,9,11H,1,8,10H2,2H3,(H,19,20)/b6-4-,12-5+,13-7+. The average Bonchev–Trinajstić information content (AvgIpc) is 2.76. The minimum Gasteiger partial charge on any atom is -0.481 e. The Bertz CT molecular complexity index is 568. The number of hydrogen-bond acceptors (Lipinski definition) is 2. The zero-order chi connectivity index (χ0) is 15.0. The highest BCUT2D eigenvalue weighted by Crippen LogP contribution is 2.11. The van der Waals surface area contributed by atoms with Crippen LogP contribution in [0.25, 0.3) is 0 Å². The SMILES string of the molecule is C=C\C=C(/C=C(F)\C=C/C)Cn1cncc1CC(=O)O. The summed E-state index contributed by atoms with van der Waals surface area (Å²) in [5.74, 6) is -1.31. The highest BCUT2D eigenvalue weighted by molar-refractivity contribution is 5.69. The van der Waals surface area contributed by atoms with Gasteiger partial charge in [0.05, 0.1) is 12.7 Å². The summed E-state index contributed by atoms with van der Waals surface area (Å²) in [6.07, 6.45) is 10.5. The number of imidazole rings is 1. The lowest BCUT2D eigenvalue weighted by Crippen LogP contribution is -2.08. The summed E-state index contributed by atoms with van der Waals surface area (Å²) in [6, 6.07) is 0. The minimum absolute atomic E-state index is 0.123. The van der Waals surface area contributed by atoms with E-state index in [1.165, 1.54) is 24.7 Å². The van der Waals surface area contributed by atoms with Gasteiger partial charge >= 0.3 is 5.97 Å². The molecule has 0 saturated carbocycles. The van der Waals surface area contributed by atoms with Gasteiger partial charge in [-0.1, -0.05) is 24.8 Å². The topological polar surface area (TPSA) is 55.1 Å². The van der Waals surface area contributed by atoms with Crippen molar-refractivity contribution >= 4 is 5.97 Å². The Morgan fingerprint density at radius 2 is 2.35 bits per heavy atom. The van der Waals surface area contributed by atoms with Gasteiger partial charge in [0.1, 0.15) is 5.83 Å². The first-order chi connectivity index (χ1) is 9.56. The zero-order valence-electron chi connectivity index (χ0n) is 11.3. The van der Waals surface area contributed by atoms with Gasteiger partial charge in [0, 0.05) is 18.4 Å². The van der Waals surface area contributed by atoms with Gasteiger partial charge in [-0.2, -0.15) is 0 Å². The van der Waals surface area contributed by atoms with Crippen LogP contribution in [0.15, 0.2) is 60.9 Å². The number of aromatic nitrogens is 2. The van der Waals surface area contributed by atoms with Gasteiger partial charge in [-0.25, -0.2) is 9.37 Å². The van der Waals surface area contributed by atoms with Crippen molar-refractivity contribution in [3.63, 3.8) is 0 Å². The third-order valence-corrected chi connectivity index (χ3v) is 2.46. The summed E-state index contributed by atoms with van der Waals surface area (Å²) in [4.78, 5) is 14.7. The summed E-state index contributed by atoms with van der Waals surface area (Å²) < 4.78 is 15.2. The van der Waals surface area contributed by atoms with E-state index in [0.29, 0.717) is 17.8 Å². The van der Waals surface area contributed by atoms with Gasteiger partial charge in [0.15, 0.2) is 0 Å². The summed E-state index contributed by atoms with van der Waals surface area (Å²) in [5, 5.41) is 8.81. The maximum absolute atomic E-state index is 13.5. The fourth-order valence-corrected chi connectivity index (χ4v) is 1.67. The van der Waals surface area contributed by atoms with E-state index in [4.69, 9.17) is 5.11 Å². The Kier molecular flexibility index (Phi) is 6.16. The van der Waals surface area contributed by atoms with E-state index >= 15 is 0 Å². The lowest BCUT2D eigenvalue weighted by atomic mass is 10.2. The molecule has 0 aromatic carbocycles. The molecule has 0 saturated heterocycles. The second kappa shape index (κ2) is 7.89. The van der Waals surface area contributed by atoms with E-state index in [0.717, 1.165) is 0 Å². The van der Waals surface area contributed by atoms with Crippen molar-refractivity contribution in [2.45, 2.75) is 19.9 Å². The number of hydrogen-bond donors (Lipinski definition) is 1. The first-order valence-corrected chi connectivity index (χ1v) is 6.09. The fourth-order valence-electron chi connectivity index (χ4n) is 1.67. The zero-order valence-corrected chi connectivity index (χ0v) is 11.3. The minimum atomic E-state index is -0.934. The van der Waals surface area contributed by atoms with Crippen LogP contribution in [-0.2, 0) is 17.8 Å². The van der Waals surface area contributed by atoms with Gasteiger partial charge in [0.2, 0.25) is 0 Å². The van der Waals surface area contributed by atoms with E-state index in [1.54, 1.807) is 29.7 Å². The van der Waals surface area contributed by atoms with Gasteiger partial charge in [-0.05, 0) is 24.6 Å². The lowest BCUT2D eigenvalue weighted by Gasteiger charge is -2.07. The molecule has 0 fully saturated rings. The van der Waals surface area contributed by atoms with Crippen LogP contribution in [0, 0.1) is 0 Å². The quantitative estimate of drug-likeness (QED) is 0.779. The van der Waals surface area contributed by atoms with Crippen LogP contribution in [0.1, 0.15) is 12.6 Å². The monoisotopic (exact) mass is 276 g/mol. The molecule has 0 unspecified atom stereocenters. The third kappa shape index (κ3) is 5.06. The summed E-state index contributed by atoms with van der Waals surface area (Å²) in [6.45, 7) is 5.65. The van der Waals surface area contributed by atoms with Crippen molar-refractivity contribution in [2.24, 2.45) is 0 Å². The van der Waals surface area contributed by atoms with Crippen LogP contribution in [0.5, 0.6) is 0 Å². The highest BCUT2D eigenvalue weighted by Gasteiger charge is 2.07. The number of allylic oxidation sites excluding steroid dienone is 7. The Hall–Kier alpha value is -2.43. The van der Waals surface area contributed by atoms with Crippen LogP contribution in [-0.4, -0.2) is 20.6 Å². The van der Waals surface area contributed by atoms with Crippen molar-refractivity contribution in [1.82, 2.24) is 9.55 Å².